The van der Waals surface area contributed by atoms with Gasteiger partial charge in [0.15, 0.2) is 0 Å². The Kier molecular flexibility index (Phi) is 10.4. The van der Waals surface area contributed by atoms with E-state index in [0.717, 1.165) is 51.8 Å². The molecule has 5 heteroatoms. The van der Waals surface area contributed by atoms with Gasteiger partial charge in [0.05, 0.1) is 22.4 Å². The van der Waals surface area contributed by atoms with Crippen LogP contribution in [0, 0.1) is 41.5 Å². The Labute approximate surface area is 423 Å². The van der Waals surface area contributed by atoms with E-state index in [-0.39, 0.29) is 10.8 Å². The molecule has 4 heterocycles. The Morgan fingerprint density at radius 1 is 0.634 bits per heavy atom. The third kappa shape index (κ3) is 6.84. The number of aromatic nitrogens is 2. The van der Waals surface area contributed by atoms with Gasteiger partial charge >= 0.3 is 0 Å². The number of nitrogens with zero attached hydrogens (tertiary/aromatic N) is 4. The van der Waals surface area contributed by atoms with Crippen molar-refractivity contribution in [3.63, 3.8) is 0 Å². The highest BCUT2D eigenvalue weighted by atomic mass is 16.5. The molecule has 0 amide bonds. The van der Waals surface area contributed by atoms with Crippen LogP contribution >= 0.6 is 0 Å². The van der Waals surface area contributed by atoms with Gasteiger partial charge in [-0.15, -0.1) is 0 Å². The first-order chi connectivity index (χ1) is 33.4. The number of amidine groups is 1. The first-order valence-electron chi connectivity index (χ1n) is 26.1. The molecule has 0 saturated carbocycles. The lowest BCUT2D eigenvalue weighted by Crippen LogP contribution is -2.54. The van der Waals surface area contributed by atoms with E-state index < -0.39 is 11.1 Å². The van der Waals surface area contributed by atoms with Gasteiger partial charge in [-0.25, -0.2) is 4.98 Å². The van der Waals surface area contributed by atoms with Crippen LogP contribution in [0.4, 0.5) is 5.69 Å². The van der Waals surface area contributed by atoms with E-state index in [1.807, 2.05) is 6.20 Å². The van der Waals surface area contributed by atoms with Gasteiger partial charge in [-0.2, -0.15) is 0 Å². The van der Waals surface area contributed by atoms with Crippen LogP contribution in [0.1, 0.15) is 166 Å². The molecule has 0 fully saturated rings. The molecule has 1 aliphatic carbocycles. The second-order valence-electron chi connectivity index (χ2n) is 24.2. The maximum Gasteiger partial charge on any atom is 0.145 e. The summed E-state index contributed by atoms with van der Waals surface area (Å²) in [5.74, 6) is 3.21. The molecule has 2 aromatic heterocycles. The van der Waals surface area contributed by atoms with Crippen LogP contribution in [0.15, 0.2) is 108 Å². The number of para-hydroxylation sites is 1. The maximum absolute atomic E-state index is 7.43. The van der Waals surface area contributed by atoms with Gasteiger partial charge in [0.25, 0.3) is 0 Å². The number of fused-ring (bicyclic) bond motifs is 8. The minimum atomic E-state index is -0.522. The molecule has 8 aromatic rings. The molecule has 6 aromatic carbocycles. The predicted octanol–water partition coefficient (Wildman–Crippen LogP) is 17.2. The molecule has 0 radical (unpaired) electrons. The van der Waals surface area contributed by atoms with Crippen LogP contribution in [0.2, 0.25) is 0 Å². The lowest BCUT2D eigenvalue weighted by atomic mass is 9.72. The van der Waals surface area contributed by atoms with Crippen molar-refractivity contribution in [2.45, 2.75) is 158 Å². The molecule has 0 N–H and O–H groups in total. The van der Waals surface area contributed by atoms with Crippen molar-refractivity contribution >= 4 is 33.5 Å². The highest BCUT2D eigenvalue weighted by molar-refractivity contribution is 6.15. The number of anilines is 1. The van der Waals surface area contributed by atoms with E-state index in [2.05, 4.69) is 224 Å². The van der Waals surface area contributed by atoms with Gasteiger partial charge in [0.2, 0.25) is 0 Å². The van der Waals surface area contributed by atoms with E-state index in [1.165, 1.54) is 94.3 Å². The standard InChI is InChI=1S/C66H72N4O/c1-36(2)49-20-18-21-50(37(3)4)59(49)70-61(68-66(17)53-27-40(7)39(6)26-46(53)35-65(66,70)16)45-29-44(58-42(9)24-38(5)25-43(58)10)30-48(31-45)71-57-34-56-54(28-41(57)8)64(14,15)55-33-47(63(11,12)13)32-52-51-22-19-23-67-62(51)69(56)60(52)55/h18-34,36-37H,35H2,1-17H3/t65-,66+/m0/s1. The van der Waals surface area contributed by atoms with Gasteiger partial charge in [-0.05, 0) is 199 Å². The van der Waals surface area contributed by atoms with Gasteiger partial charge < -0.3 is 9.64 Å². The highest BCUT2D eigenvalue weighted by Crippen LogP contribution is 2.58. The van der Waals surface area contributed by atoms with Crippen LogP contribution in [0.25, 0.3) is 38.8 Å². The molecule has 3 aliphatic rings. The number of aryl methyl sites for hydroxylation is 6. The Morgan fingerprint density at radius 3 is 1.94 bits per heavy atom. The van der Waals surface area contributed by atoms with Crippen molar-refractivity contribution < 1.29 is 4.74 Å². The van der Waals surface area contributed by atoms with Crippen molar-refractivity contribution in [1.82, 2.24) is 9.55 Å². The molecule has 0 saturated heterocycles. The molecule has 11 rings (SSSR count). The van der Waals surface area contributed by atoms with Gasteiger partial charge in [0.1, 0.15) is 28.5 Å². The molecule has 5 nitrogen and oxygen atoms in total. The molecule has 71 heavy (non-hydrogen) atoms. The maximum atomic E-state index is 7.43. The number of benzene rings is 6. The molecular formula is C66H72N4O. The fourth-order valence-electron chi connectivity index (χ4n) is 13.0. The zero-order valence-corrected chi connectivity index (χ0v) is 45.4. The van der Waals surface area contributed by atoms with Crippen molar-refractivity contribution in [2.75, 3.05) is 4.90 Å². The van der Waals surface area contributed by atoms with Gasteiger partial charge in [0, 0.05) is 34.0 Å². The summed E-state index contributed by atoms with van der Waals surface area (Å²) >= 11 is 0. The minimum absolute atomic E-state index is 0.0131. The van der Waals surface area contributed by atoms with Crippen molar-refractivity contribution in [3.8, 4) is 28.3 Å². The topological polar surface area (TPSA) is 42.6 Å². The van der Waals surface area contributed by atoms with E-state index in [0.29, 0.717) is 11.8 Å². The highest BCUT2D eigenvalue weighted by Gasteiger charge is 2.61. The SMILES string of the molecule is Cc1cc(C)c(-c2cc(Oc3cc4c(cc3C)C(C)(C)c3cc(C(C)(C)C)cc5c6cccnc6n-4c35)cc(C3=N[C@]4(C)c5cc(C)c(C)cc5C[C@]4(C)N3c3c(C(C)C)cccc3C(C)C)c2)c(C)c1. The number of hydrogen-bond donors (Lipinski definition) is 0. The molecule has 2 aliphatic heterocycles. The second-order valence-corrected chi connectivity index (χ2v) is 24.2. The summed E-state index contributed by atoms with van der Waals surface area (Å²) in [6, 6.07) is 37.2. The number of hydrogen-bond acceptors (Lipinski definition) is 4. The van der Waals surface area contributed by atoms with Crippen LogP contribution in [0.5, 0.6) is 11.5 Å². The molecule has 0 spiro atoms. The van der Waals surface area contributed by atoms with Gasteiger partial charge in [-0.1, -0.05) is 116 Å². The van der Waals surface area contributed by atoms with Crippen LogP contribution < -0.4 is 9.64 Å². The Bertz CT molecular complexity index is 3560. The predicted molar refractivity (Wildman–Crippen MR) is 299 cm³/mol. The third-order valence-corrected chi connectivity index (χ3v) is 17.2. The summed E-state index contributed by atoms with van der Waals surface area (Å²) < 4.78 is 9.84. The second kappa shape index (κ2) is 15.8. The first-order valence-corrected chi connectivity index (χ1v) is 26.1. The van der Waals surface area contributed by atoms with Crippen molar-refractivity contribution in [3.05, 3.63) is 181 Å². The quantitative estimate of drug-likeness (QED) is 0.160. The van der Waals surface area contributed by atoms with Crippen LogP contribution in [-0.2, 0) is 22.8 Å². The largest absolute Gasteiger partial charge is 0.457 e. The van der Waals surface area contributed by atoms with Crippen LogP contribution in [0.3, 0.4) is 0 Å². The lowest BCUT2D eigenvalue weighted by Gasteiger charge is -2.44. The monoisotopic (exact) mass is 937 g/mol. The smallest absolute Gasteiger partial charge is 0.145 e. The zero-order chi connectivity index (χ0) is 50.6. The molecule has 0 unspecified atom stereocenters. The summed E-state index contributed by atoms with van der Waals surface area (Å²) in [6.45, 7) is 39.3. The average molecular weight is 937 g/mol. The first kappa shape index (κ1) is 46.9. The van der Waals surface area contributed by atoms with Gasteiger partial charge in [-0.3, -0.25) is 9.56 Å². The molecular weight excluding hydrogens is 865 g/mol. The number of aliphatic imine (C=N–C) groups is 1. The van der Waals surface area contributed by atoms with Crippen LogP contribution in [-0.4, -0.2) is 20.9 Å². The summed E-state index contributed by atoms with van der Waals surface area (Å²) in [4.78, 5) is 13.9. The minimum Gasteiger partial charge on any atom is -0.457 e. The third-order valence-electron chi connectivity index (χ3n) is 17.2. The number of pyridine rings is 1. The molecule has 2 atom stereocenters. The summed E-state index contributed by atoms with van der Waals surface area (Å²) in [5, 5.41) is 2.42. The Balaban J connectivity index is 1.16. The lowest BCUT2D eigenvalue weighted by molar-refractivity contribution is 0.321. The summed E-state index contributed by atoms with van der Waals surface area (Å²) in [5.41, 5.74) is 23.7. The van der Waals surface area contributed by atoms with Crippen molar-refractivity contribution in [1.29, 1.82) is 0 Å². The zero-order valence-electron chi connectivity index (χ0n) is 45.4. The van der Waals surface area contributed by atoms with E-state index in [4.69, 9.17) is 14.7 Å². The molecule has 362 valence electrons. The van der Waals surface area contributed by atoms with Crippen molar-refractivity contribution in [2.24, 2.45) is 4.99 Å². The fourth-order valence-corrected chi connectivity index (χ4v) is 13.0. The number of ether oxygens (including phenoxy) is 1. The summed E-state index contributed by atoms with van der Waals surface area (Å²) in [7, 11) is 0. The Hall–Kier alpha value is -6.46. The van der Waals surface area contributed by atoms with E-state index in [1.54, 1.807) is 0 Å². The Morgan fingerprint density at radius 2 is 1.28 bits per heavy atom. The summed E-state index contributed by atoms with van der Waals surface area (Å²) in [6.07, 6.45) is 2.81. The van der Waals surface area contributed by atoms with E-state index >= 15 is 0 Å². The average Bonchev–Trinajstić information content (AvgIpc) is 3.82. The fraction of sp³-hybridized carbons (Fsp3) is 0.364. The molecule has 0 bridgehead atoms. The normalized spacial score (nSPS) is 19.0. The number of rotatable bonds is 7. The van der Waals surface area contributed by atoms with E-state index in [9.17, 15) is 0 Å².